The molecular weight excluding hydrogens is 512 g/mol. The maximum atomic E-state index is 13.9. The average molecular weight is 543 g/mol. The van der Waals surface area contributed by atoms with Crippen LogP contribution in [0.2, 0.25) is 0 Å². The Morgan fingerprint density at radius 2 is 1.91 bits per heavy atom. The fraction of sp³-hybridized carbons (Fsp3) is 0.393. The summed E-state index contributed by atoms with van der Waals surface area (Å²) in [7, 11) is 1.57. The van der Waals surface area contributed by atoms with Crippen molar-refractivity contribution in [3.8, 4) is 23.0 Å². The lowest BCUT2D eigenvalue weighted by molar-refractivity contribution is 0.158. The van der Waals surface area contributed by atoms with Gasteiger partial charge in [0, 0.05) is 23.0 Å². The van der Waals surface area contributed by atoms with E-state index in [2.05, 4.69) is 15.9 Å². The lowest BCUT2D eigenvalue weighted by Gasteiger charge is -2.28. The Bertz CT molecular complexity index is 1390. The number of hydrogen-bond acceptors (Lipinski definition) is 6. The highest BCUT2D eigenvalue weighted by Crippen LogP contribution is 2.43. The first-order valence-corrected chi connectivity index (χ1v) is 12.9. The molecule has 1 aliphatic heterocycles. The predicted molar refractivity (Wildman–Crippen MR) is 144 cm³/mol. The SMILES string of the molecule is COc1c(OCCCCBr)cc2oc3cc4c(c(O)c3c(=O)c2c1CC=C(C)C)C=CC(C)(C)O4. The monoisotopic (exact) mass is 542 g/mol. The van der Waals surface area contributed by atoms with Crippen LogP contribution in [-0.4, -0.2) is 29.8 Å². The predicted octanol–water partition coefficient (Wildman–Crippen LogP) is 6.91. The van der Waals surface area contributed by atoms with Gasteiger partial charge in [-0.15, -0.1) is 0 Å². The number of fused-ring (bicyclic) bond motifs is 3. The quantitative estimate of drug-likeness (QED) is 0.144. The number of ether oxygens (including phenoxy) is 3. The Labute approximate surface area is 213 Å². The molecule has 35 heavy (non-hydrogen) atoms. The largest absolute Gasteiger partial charge is 0.506 e. The van der Waals surface area contributed by atoms with Crippen LogP contribution in [0.25, 0.3) is 28.0 Å². The zero-order valence-electron chi connectivity index (χ0n) is 20.8. The van der Waals surface area contributed by atoms with Gasteiger partial charge in [-0.2, -0.15) is 0 Å². The number of aromatic hydroxyl groups is 1. The van der Waals surface area contributed by atoms with E-state index in [9.17, 15) is 9.90 Å². The molecule has 0 atom stereocenters. The van der Waals surface area contributed by atoms with Gasteiger partial charge in [0.05, 0.1) is 24.7 Å². The van der Waals surface area contributed by atoms with Crippen LogP contribution in [0.15, 0.2) is 39.1 Å². The second-order valence-electron chi connectivity index (χ2n) is 9.47. The molecule has 0 spiro atoms. The second kappa shape index (κ2) is 9.97. The van der Waals surface area contributed by atoms with Crippen molar-refractivity contribution in [3.05, 3.63) is 51.2 Å². The molecule has 7 heteroatoms. The number of alkyl halides is 1. The van der Waals surface area contributed by atoms with Crippen molar-refractivity contribution in [2.45, 2.75) is 52.6 Å². The first kappa shape index (κ1) is 25.2. The minimum Gasteiger partial charge on any atom is -0.506 e. The Morgan fingerprint density at radius 1 is 1.17 bits per heavy atom. The molecule has 0 radical (unpaired) electrons. The molecule has 0 aliphatic carbocycles. The van der Waals surface area contributed by atoms with Crippen LogP contribution in [-0.2, 0) is 6.42 Å². The summed E-state index contributed by atoms with van der Waals surface area (Å²) >= 11 is 3.44. The number of phenols is 1. The van der Waals surface area contributed by atoms with Gasteiger partial charge in [-0.1, -0.05) is 27.6 Å². The number of methoxy groups -OCH3 is 1. The van der Waals surface area contributed by atoms with Crippen LogP contribution < -0.4 is 19.6 Å². The molecule has 0 amide bonds. The zero-order valence-corrected chi connectivity index (χ0v) is 22.4. The highest BCUT2D eigenvalue weighted by atomic mass is 79.9. The van der Waals surface area contributed by atoms with Crippen LogP contribution in [0.4, 0.5) is 0 Å². The van der Waals surface area contributed by atoms with E-state index in [0.717, 1.165) is 23.7 Å². The number of allylic oxidation sites excluding steroid dienone is 2. The Kier molecular flexibility index (Phi) is 7.17. The van der Waals surface area contributed by atoms with Crippen molar-refractivity contribution < 1.29 is 23.7 Å². The number of hydrogen-bond donors (Lipinski definition) is 1. The average Bonchev–Trinajstić information content (AvgIpc) is 2.79. The van der Waals surface area contributed by atoms with Gasteiger partial charge in [-0.05, 0) is 59.1 Å². The number of halogens is 1. The molecule has 0 bridgehead atoms. The molecule has 0 fully saturated rings. The molecular formula is C28H31BrO6. The summed E-state index contributed by atoms with van der Waals surface area (Å²) in [5.74, 6) is 1.34. The summed E-state index contributed by atoms with van der Waals surface area (Å²) < 4.78 is 24.1. The van der Waals surface area contributed by atoms with Gasteiger partial charge < -0.3 is 23.7 Å². The normalized spacial score (nSPS) is 14.0. The summed E-state index contributed by atoms with van der Waals surface area (Å²) in [6, 6.07) is 3.38. The van der Waals surface area contributed by atoms with Crippen LogP contribution in [0.1, 0.15) is 51.7 Å². The van der Waals surface area contributed by atoms with Crippen LogP contribution in [0.5, 0.6) is 23.0 Å². The van der Waals surface area contributed by atoms with E-state index in [1.165, 1.54) is 0 Å². The zero-order chi connectivity index (χ0) is 25.3. The van der Waals surface area contributed by atoms with Crippen molar-refractivity contribution in [1.29, 1.82) is 0 Å². The minimum atomic E-state index is -0.536. The molecule has 1 aliphatic rings. The molecule has 4 rings (SSSR count). The van der Waals surface area contributed by atoms with E-state index in [4.69, 9.17) is 18.6 Å². The Balaban J connectivity index is 2.01. The van der Waals surface area contributed by atoms with E-state index in [1.807, 2.05) is 39.8 Å². The molecule has 186 valence electrons. The molecule has 1 aromatic heterocycles. The van der Waals surface area contributed by atoms with E-state index in [-0.39, 0.29) is 22.1 Å². The number of benzene rings is 2. The summed E-state index contributed by atoms with van der Waals surface area (Å²) in [5, 5.41) is 12.5. The number of unbranched alkanes of at least 4 members (excludes halogenated alkanes) is 1. The molecule has 0 unspecified atom stereocenters. The van der Waals surface area contributed by atoms with Crippen LogP contribution in [0.3, 0.4) is 0 Å². The van der Waals surface area contributed by atoms with Gasteiger partial charge in [0.25, 0.3) is 0 Å². The Hall–Kier alpha value is -2.93. The molecule has 2 aromatic carbocycles. The van der Waals surface area contributed by atoms with Crippen molar-refractivity contribution in [3.63, 3.8) is 0 Å². The van der Waals surface area contributed by atoms with Gasteiger partial charge in [-0.3, -0.25) is 4.79 Å². The van der Waals surface area contributed by atoms with E-state index >= 15 is 0 Å². The summed E-state index contributed by atoms with van der Waals surface area (Å²) in [5.41, 5.74) is 2.02. The number of phenolic OH excluding ortho intramolecular Hbond substituents is 1. The summed E-state index contributed by atoms with van der Waals surface area (Å²) in [6.45, 7) is 8.35. The topological polar surface area (TPSA) is 78.1 Å². The van der Waals surface area contributed by atoms with E-state index in [1.54, 1.807) is 25.3 Å². The van der Waals surface area contributed by atoms with Crippen molar-refractivity contribution >= 4 is 43.9 Å². The lowest BCUT2D eigenvalue weighted by Crippen LogP contribution is -2.27. The van der Waals surface area contributed by atoms with Gasteiger partial charge in [-0.25, -0.2) is 0 Å². The first-order valence-electron chi connectivity index (χ1n) is 11.7. The highest BCUT2D eigenvalue weighted by molar-refractivity contribution is 9.09. The maximum absolute atomic E-state index is 13.9. The van der Waals surface area contributed by atoms with Gasteiger partial charge >= 0.3 is 0 Å². The molecule has 1 N–H and O–H groups in total. The van der Waals surface area contributed by atoms with E-state index in [0.29, 0.717) is 52.4 Å². The first-order chi connectivity index (χ1) is 16.7. The Morgan fingerprint density at radius 3 is 2.60 bits per heavy atom. The lowest BCUT2D eigenvalue weighted by atomic mass is 9.97. The van der Waals surface area contributed by atoms with Gasteiger partial charge in [0.2, 0.25) is 5.43 Å². The maximum Gasteiger partial charge on any atom is 0.204 e. The minimum absolute atomic E-state index is 0.121. The fourth-order valence-electron chi connectivity index (χ4n) is 4.24. The number of rotatable bonds is 8. The van der Waals surface area contributed by atoms with Crippen LogP contribution >= 0.6 is 15.9 Å². The van der Waals surface area contributed by atoms with Gasteiger partial charge in [0.15, 0.2) is 11.5 Å². The molecule has 3 aromatic rings. The third-order valence-corrected chi connectivity index (χ3v) is 6.54. The smallest absolute Gasteiger partial charge is 0.204 e. The summed E-state index contributed by atoms with van der Waals surface area (Å²) in [4.78, 5) is 13.9. The third kappa shape index (κ3) is 4.92. The second-order valence-corrected chi connectivity index (χ2v) is 10.3. The van der Waals surface area contributed by atoms with E-state index < -0.39 is 5.60 Å². The van der Waals surface area contributed by atoms with Crippen molar-refractivity contribution in [2.24, 2.45) is 0 Å². The fourth-order valence-corrected chi connectivity index (χ4v) is 4.63. The van der Waals surface area contributed by atoms with Crippen LogP contribution in [0, 0.1) is 0 Å². The molecule has 2 heterocycles. The molecule has 6 nitrogen and oxygen atoms in total. The molecule has 0 saturated carbocycles. The summed E-state index contributed by atoms with van der Waals surface area (Å²) in [6.07, 6.45) is 7.98. The third-order valence-electron chi connectivity index (χ3n) is 5.98. The van der Waals surface area contributed by atoms with Gasteiger partial charge in [0.1, 0.15) is 33.7 Å². The standard InChI is InChI=1S/C28H31BrO6/c1-16(2)8-9-18-23-20(15-22(27(18)32-5)33-13-7-6-12-29)34-21-14-19-17(10-11-28(3,4)35-19)25(30)24(21)26(23)31/h8,10-11,14-15,30H,6-7,9,12-13H2,1-5H3. The van der Waals surface area contributed by atoms with Crippen molar-refractivity contribution in [1.82, 2.24) is 0 Å². The van der Waals surface area contributed by atoms with Crippen molar-refractivity contribution in [2.75, 3.05) is 19.0 Å². The molecule has 0 saturated heterocycles. The highest BCUT2D eigenvalue weighted by Gasteiger charge is 2.28.